The number of carbonyl (C=O) groups excluding carboxylic acids is 9. The SMILES string of the molecule is CC(=O)OC[C@H]1O[C@H](OC(=O)[C@]23CC[C@](C)(COC(C)=O)C[C@H]2C2=CC[C@H]4[C@@]5(C)C[C@@H](OC(C)=O)[C@@H](OC(C)=O)[C@@](C)(COC(C)=O)[C@H]5CC[C@@]4(C)[C@]2(C)CC3)[C@H](OC(C)=O)[C@@H](OC(C)=O)[C@@H]1OC(C)=O. The molecule has 19 heteroatoms. The zero-order valence-electron chi connectivity index (χ0n) is 43.6. The van der Waals surface area contributed by atoms with E-state index in [0.29, 0.717) is 57.8 Å². The third-order valence-electron chi connectivity index (χ3n) is 17.6. The Morgan fingerprint density at radius 2 is 1.11 bits per heavy atom. The van der Waals surface area contributed by atoms with Gasteiger partial charge in [-0.2, -0.15) is 0 Å². The molecule has 19 nitrogen and oxygen atoms in total. The van der Waals surface area contributed by atoms with Crippen molar-refractivity contribution < 1.29 is 90.5 Å². The van der Waals surface area contributed by atoms with Gasteiger partial charge in [-0.25, -0.2) is 0 Å². The number of carbonyl (C=O) groups is 9. The lowest BCUT2D eigenvalue weighted by Crippen LogP contribution is -2.69. The molecule has 4 saturated carbocycles. The molecule has 16 atom stereocenters. The van der Waals surface area contributed by atoms with Gasteiger partial charge in [0.15, 0.2) is 12.2 Å². The van der Waals surface area contributed by atoms with Crippen molar-refractivity contribution in [2.45, 2.75) is 191 Å². The summed E-state index contributed by atoms with van der Waals surface area (Å²) in [7, 11) is 0. The van der Waals surface area contributed by atoms with E-state index >= 15 is 4.79 Å². The van der Waals surface area contributed by atoms with Crippen LogP contribution in [0.5, 0.6) is 0 Å². The molecule has 0 aromatic rings. The van der Waals surface area contributed by atoms with E-state index in [1.54, 1.807) is 0 Å². The molecule has 1 aliphatic heterocycles. The first-order valence-corrected chi connectivity index (χ1v) is 24.8. The Kier molecular flexibility index (Phi) is 15.9. The second-order valence-corrected chi connectivity index (χ2v) is 22.4. The highest BCUT2D eigenvalue weighted by atomic mass is 16.7. The Morgan fingerprint density at radius 3 is 1.69 bits per heavy atom. The molecule has 0 spiro atoms. The van der Waals surface area contributed by atoms with Crippen LogP contribution in [0.15, 0.2) is 11.6 Å². The maximum atomic E-state index is 15.5. The van der Waals surface area contributed by atoms with Crippen molar-refractivity contribution in [3.8, 4) is 0 Å². The van der Waals surface area contributed by atoms with Gasteiger partial charge in [-0.15, -0.1) is 0 Å². The average molecular weight is 1000 g/mol. The second kappa shape index (κ2) is 20.4. The van der Waals surface area contributed by atoms with Crippen LogP contribution in [0.3, 0.4) is 0 Å². The van der Waals surface area contributed by atoms with Gasteiger partial charge in [0.05, 0.1) is 12.0 Å². The minimum atomic E-state index is -1.73. The summed E-state index contributed by atoms with van der Waals surface area (Å²) >= 11 is 0. The van der Waals surface area contributed by atoms with E-state index in [1.807, 2.05) is 13.8 Å². The normalized spacial score (nSPS) is 40.2. The standard InChI is InChI=1S/C52H74O19/c1-27(53)62-24-38-41(66-31(5)57)42(67-32(6)58)43(68-33(7)59)45(70-38)71-46(61)52-20-18-47(9,25-63-28(2)54)22-36(52)35-14-15-40-48(10)23-37(65-30(4)56)44(69-34(8)60)49(11,26-64-29(3)55)39(48)16-17-51(40,13)50(35,12)19-21-52/h14,36-45H,15-26H2,1-13H3/t36-,37+,38+,39-,40-,41+,42-,43+,44+,45+,47-,48-,49-,50+,51+,52-/m0/s1. The van der Waals surface area contributed by atoms with Crippen molar-refractivity contribution in [2.75, 3.05) is 19.8 Å². The van der Waals surface area contributed by atoms with E-state index in [2.05, 4.69) is 26.8 Å². The van der Waals surface area contributed by atoms with Crippen molar-refractivity contribution in [2.24, 2.45) is 50.2 Å². The summed E-state index contributed by atoms with van der Waals surface area (Å²) in [6.45, 7) is 20.1. The first-order chi connectivity index (χ1) is 32.9. The largest absolute Gasteiger partial charge is 0.465 e. The number of ether oxygens (including phenoxy) is 10. The van der Waals surface area contributed by atoms with E-state index in [1.165, 1.54) is 27.7 Å². The first kappa shape index (κ1) is 55.2. The lowest BCUT2D eigenvalue weighted by atomic mass is 9.33. The lowest BCUT2D eigenvalue weighted by molar-refractivity contribution is -0.304. The van der Waals surface area contributed by atoms with Gasteiger partial charge in [-0.05, 0) is 91.8 Å². The van der Waals surface area contributed by atoms with E-state index in [0.717, 1.165) is 33.3 Å². The summed E-state index contributed by atoms with van der Waals surface area (Å²) in [5, 5.41) is 0. The van der Waals surface area contributed by atoms with Gasteiger partial charge in [-0.1, -0.05) is 46.3 Å². The van der Waals surface area contributed by atoms with Crippen molar-refractivity contribution in [1.82, 2.24) is 0 Å². The summed E-state index contributed by atoms with van der Waals surface area (Å²) in [5.41, 5.74) is -3.18. The van der Waals surface area contributed by atoms with Crippen LogP contribution in [0, 0.1) is 50.2 Å². The second-order valence-electron chi connectivity index (χ2n) is 22.4. The van der Waals surface area contributed by atoms with Crippen LogP contribution in [0.25, 0.3) is 0 Å². The summed E-state index contributed by atoms with van der Waals surface area (Å²) in [6, 6.07) is 0. The van der Waals surface area contributed by atoms with Crippen LogP contribution >= 0.6 is 0 Å². The van der Waals surface area contributed by atoms with Gasteiger partial charge >= 0.3 is 53.7 Å². The molecule has 6 rings (SSSR count). The predicted octanol–water partition coefficient (Wildman–Crippen LogP) is 5.97. The highest BCUT2D eigenvalue weighted by molar-refractivity contribution is 5.79. The van der Waals surface area contributed by atoms with Crippen LogP contribution in [0.4, 0.5) is 0 Å². The Hall–Kier alpha value is -5.07. The van der Waals surface area contributed by atoms with Crippen LogP contribution in [-0.2, 0) is 90.5 Å². The maximum Gasteiger partial charge on any atom is 0.315 e. The molecule has 0 N–H and O–H groups in total. The molecule has 5 fully saturated rings. The fraction of sp³-hybridized carbons (Fsp3) is 0.788. The van der Waals surface area contributed by atoms with Gasteiger partial charge < -0.3 is 47.4 Å². The number of rotatable bonds is 13. The molecule has 1 saturated heterocycles. The highest BCUT2D eigenvalue weighted by Crippen LogP contribution is 2.76. The highest BCUT2D eigenvalue weighted by Gasteiger charge is 2.72. The summed E-state index contributed by atoms with van der Waals surface area (Å²) in [6.07, 6.45) is -2.80. The molecule has 0 unspecified atom stereocenters. The number of fused-ring (bicyclic) bond motifs is 7. The smallest absolute Gasteiger partial charge is 0.315 e. The van der Waals surface area contributed by atoms with Gasteiger partial charge in [0.2, 0.25) is 12.4 Å². The number of esters is 9. The zero-order chi connectivity index (χ0) is 52.8. The topological polar surface area (TPSA) is 246 Å². The van der Waals surface area contributed by atoms with Gasteiger partial charge in [-0.3, -0.25) is 43.2 Å². The third kappa shape index (κ3) is 10.6. The predicted molar refractivity (Wildman–Crippen MR) is 245 cm³/mol. The van der Waals surface area contributed by atoms with Gasteiger partial charge in [0, 0.05) is 66.2 Å². The summed E-state index contributed by atoms with van der Waals surface area (Å²) in [4.78, 5) is 116. The van der Waals surface area contributed by atoms with Crippen LogP contribution in [0.2, 0.25) is 0 Å². The van der Waals surface area contributed by atoms with Crippen LogP contribution < -0.4 is 0 Å². The molecular weight excluding hydrogens is 929 g/mol. The average Bonchev–Trinajstić information content (AvgIpc) is 3.24. The fourth-order valence-corrected chi connectivity index (χ4v) is 14.5. The van der Waals surface area contributed by atoms with E-state index in [-0.39, 0.29) is 25.0 Å². The molecule has 6 aliphatic rings. The molecule has 71 heavy (non-hydrogen) atoms. The first-order valence-electron chi connectivity index (χ1n) is 24.8. The molecule has 0 bridgehead atoms. The van der Waals surface area contributed by atoms with Crippen LogP contribution in [0.1, 0.15) is 148 Å². The maximum absolute atomic E-state index is 15.5. The van der Waals surface area contributed by atoms with Crippen molar-refractivity contribution in [3.63, 3.8) is 0 Å². The molecule has 0 aromatic heterocycles. The number of hydrogen-bond acceptors (Lipinski definition) is 19. The lowest BCUT2D eigenvalue weighted by Gasteiger charge is -2.71. The van der Waals surface area contributed by atoms with Crippen molar-refractivity contribution in [3.05, 3.63) is 11.6 Å². The van der Waals surface area contributed by atoms with Crippen LogP contribution in [-0.4, -0.2) is 116 Å². The minimum Gasteiger partial charge on any atom is -0.465 e. The summed E-state index contributed by atoms with van der Waals surface area (Å²) < 4.78 is 58.3. The van der Waals surface area contributed by atoms with E-state index in [9.17, 15) is 38.4 Å². The van der Waals surface area contributed by atoms with Crippen molar-refractivity contribution in [1.29, 1.82) is 0 Å². The molecule has 0 radical (unpaired) electrons. The van der Waals surface area contributed by atoms with E-state index in [4.69, 9.17) is 47.4 Å². The minimum absolute atomic E-state index is 0.0383. The summed E-state index contributed by atoms with van der Waals surface area (Å²) in [5.74, 6) is -6.52. The van der Waals surface area contributed by atoms with Gasteiger partial charge in [0.1, 0.15) is 31.5 Å². The molecule has 0 amide bonds. The molecular formula is C52H74O19. The number of allylic oxidation sites excluding steroid dienone is 2. The van der Waals surface area contributed by atoms with E-state index < -0.39 is 142 Å². The third-order valence-corrected chi connectivity index (χ3v) is 17.6. The molecule has 396 valence electrons. The Morgan fingerprint density at radius 1 is 0.563 bits per heavy atom. The molecule has 0 aromatic carbocycles. The Labute approximate surface area is 415 Å². The fourth-order valence-electron chi connectivity index (χ4n) is 14.5. The van der Waals surface area contributed by atoms with Gasteiger partial charge in [0.25, 0.3) is 0 Å². The molecule has 5 aliphatic carbocycles. The molecule has 1 heterocycles. The Bertz CT molecular complexity index is 2190. The van der Waals surface area contributed by atoms with Crippen molar-refractivity contribution >= 4 is 53.7 Å². The Balaban J connectivity index is 1.45. The number of hydrogen-bond donors (Lipinski definition) is 0. The monoisotopic (exact) mass is 1000 g/mol. The quantitative estimate of drug-likeness (QED) is 0.117. The zero-order valence-corrected chi connectivity index (χ0v) is 43.6.